The Morgan fingerprint density at radius 1 is 1.40 bits per heavy atom. The number of ether oxygens (including phenoxy) is 1. The Morgan fingerprint density at radius 3 is 2.85 bits per heavy atom. The normalized spacial score (nSPS) is 22.6. The predicted molar refractivity (Wildman–Crippen MR) is 88.8 cm³/mol. The van der Waals surface area contributed by atoms with Gasteiger partial charge in [-0.15, -0.1) is 0 Å². The second-order valence-electron chi connectivity index (χ2n) is 5.69. The summed E-state index contributed by atoms with van der Waals surface area (Å²) in [6.45, 7) is 7.83. The van der Waals surface area contributed by atoms with Crippen LogP contribution >= 0.6 is 11.8 Å². The van der Waals surface area contributed by atoms with Crippen molar-refractivity contribution in [3.63, 3.8) is 0 Å². The number of methoxy groups -OCH3 is 1. The molecule has 3 heteroatoms. The van der Waals surface area contributed by atoms with E-state index in [-0.39, 0.29) is 0 Å². The van der Waals surface area contributed by atoms with Crippen molar-refractivity contribution in [3.05, 3.63) is 29.3 Å². The Hall–Kier alpha value is -0.670. The maximum absolute atomic E-state index is 5.38. The molecule has 20 heavy (non-hydrogen) atoms. The van der Waals surface area contributed by atoms with E-state index in [1.807, 2.05) is 0 Å². The van der Waals surface area contributed by atoms with Crippen LogP contribution in [-0.4, -0.2) is 24.7 Å². The fraction of sp³-hybridized carbons (Fsp3) is 0.647. The molecule has 0 bridgehead atoms. The number of hydrogen-bond donors (Lipinski definition) is 1. The van der Waals surface area contributed by atoms with E-state index in [2.05, 4.69) is 56.0 Å². The van der Waals surface area contributed by atoms with Gasteiger partial charge in [0, 0.05) is 11.3 Å². The molecule has 0 saturated carbocycles. The van der Waals surface area contributed by atoms with Crippen molar-refractivity contribution in [2.75, 3.05) is 19.4 Å². The highest BCUT2D eigenvalue weighted by Gasteiger charge is 2.32. The Balaban J connectivity index is 2.12. The van der Waals surface area contributed by atoms with Crippen molar-refractivity contribution in [3.8, 4) is 5.75 Å². The third-order valence-electron chi connectivity index (χ3n) is 4.20. The van der Waals surface area contributed by atoms with Gasteiger partial charge in [-0.25, -0.2) is 0 Å². The fourth-order valence-electron chi connectivity index (χ4n) is 2.73. The summed E-state index contributed by atoms with van der Waals surface area (Å²) in [5, 5.41) is 4.33. The minimum atomic E-state index is 0.471. The monoisotopic (exact) mass is 293 g/mol. The summed E-state index contributed by atoms with van der Waals surface area (Å²) in [5.41, 5.74) is 2.92. The highest BCUT2D eigenvalue weighted by Crippen LogP contribution is 2.40. The number of rotatable bonds is 7. The van der Waals surface area contributed by atoms with Gasteiger partial charge >= 0.3 is 0 Å². The smallest absolute Gasteiger partial charge is 0.119 e. The van der Waals surface area contributed by atoms with Gasteiger partial charge in [0.1, 0.15) is 5.75 Å². The lowest BCUT2D eigenvalue weighted by Crippen LogP contribution is -2.27. The number of hydrogen-bond acceptors (Lipinski definition) is 3. The van der Waals surface area contributed by atoms with E-state index in [1.54, 1.807) is 7.11 Å². The van der Waals surface area contributed by atoms with Crippen LogP contribution in [0.2, 0.25) is 0 Å². The van der Waals surface area contributed by atoms with Gasteiger partial charge in [0.2, 0.25) is 0 Å². The van der Waals surface area contributed by atoms with E-state index in [1.165, 1.54) is 29.7 Å². The molecule has 112 valence electrons. The van der Waals surface area contributed by atoms with Crippen LogP contribution in [0.15, 0.2) is 18.2 Å². The van der Waals surface area contributed by atoms with Crippen LogP contribution in [0.1, 0.15) is 44.4 Å². The quantitative estimate of drug-likeness (QED) is 0.819. The second kappa shape index (κ2) is 7.37. The Bertz CT molecular complexity index is 435. The molecule has 0 amide bonds. The molecule has 3 unspecified atom stereocenters. The molecule has 3 atom stereocenters. The summed E-state index contributed by atoms with van der Waals surface area (Å²) >= 11 is 2.13. The summed E-state index contributed by atoms with van der Waals surface area (Å²) in [5.74, 6) is 3.04. The van der Waals surface area contributed by atoms with E-state index in [4.69, 9.17) is 4.74 Å². The summed E-state index contributed by atoms with van der Waals surface area (Å²) in [4.78, 5) is 0. The van der Waals surface area contributed by atoms with Crippen molar-refractivity contribution in [2.45, 2.75) is 44.9 Å². The predicted octanol–water partition coefficient (Wildman–Crippen LogP) is 4.05. The average molecular weight is 293 g/mol. The average Bonchev–Trinajstić information content (AvgIpc) is 2.82. The number of nitrogens with one attached hydrogen (secondary N) is 1. The van der Waals surface area contributed by atoms with E-state index in [0.29, 0.717) is 11.3 Å². The summed E-state index contributed by atoms with van der Waals surface area (Å²) in [6, 6.07) is 7.01. The van der Waals surface area contributed by atoms with Gasteiger partial charge in [0.15, 0.2) is 0 Å². The molecule has 0 fully saturated rings. The van der Waals surface area contributed by atoms with Crippen LogP contribution in [0.25, 0.3) is 0 Å². The molecule has 1 N–H and O–H groups in total. The zero-order chi connectivity index (χ0) is 14.5. The molecule has 0 radical (unpaired) electrons. The van der Waals surface area contributed by atoms with Crippen LogP contribution in [0.5, 0.6) is 5.75 Å². The van der Waals surface area contributed by atoms with Crippen LogP contribution < -0.4 is 10.1 Å². The first-order valence-electron chi connectivity index (χ1n) is 7.71. The van der Waals surface area contributed by atoms with E-state index in [9.17, 15) is 0 Å². The molecule has 2 rings (SSSR count). The van der Waals surface area contributed by atoms with Crippen LogP contribution in [0.4, 0.5) is 0 Å². The first kappa shape index (κ1) is 15.7. The Kier molecular flexibility index (Phi) is 5.79. The molecule has 1 aromatic rings. The molecular formula is C17H27NOS. The Morgan fingerprint density at radius 2 is 2.20 bits per heavy atom. The minimum Gasteiger partial charge on any atom is -0.497 e. The lowest BCUT2D eigenvalue weighted by molar-refractivity contribution is 0.413. The number of fused-ring (bicyclic) bond motifs is 1. The zero-order valence-electron chi connectivity index (χ0n) is 13.1. The summed E-state index contributed by atoms with van der Waals surface area (Å²) < 4.78 is 5.38. The summed E-state index contributed by atoms with van der Waals surface area (Å²) in [6.07, 6.45) is 2.45. The molecule has 1 aliphatic rings. The van der Waals surface area contributed by atoms with Crippen molar-refractivity contribution < 1.29 is 4.74 Å². The van der Waals surface area contributed by atoms with Gasteiger partial charge in [-0.3, -0.25) is 0 Å². The molecule has 1 aromatic carbocycles. The van der Waals surface area contributed by atoms with E-state index in [0.717, 1.165) is 18.2 Å². The molecular weight excluding hydrogens is 266 g/mol. The molecule has 2 nitrogen and oxygen atoms in total. The first-order chi connectivity index (χ1) is 9.69. The highest BCUT2D eigenvalue weighted by atomic mass is 32.2. The third kappa shape index (κ3) is 3.50. The third-order valence-corrected chi connectivity index (χ3v) is 5.83. The highest BCUT2D eigenvalue weighted by molar-refractivity contribution is 7.99. The minimum absolute atomic E-state index is 0.471. The van der Waals surface area contributed by atoms with E-state index < -0.39 is 0 Å². The summed E-state index contributed by atoms with van der Waals surface area (Å²) in [7, 11) is 1.74. The van der Waals surface area contributed by atoms with Crippen molar-refractivity contribution >= 4 is 11.8 Å². The SMILES string of the molecule is CCNC1c2cc(OC)ccc2CC1SCC(C)CC. The molecule has 0 aliphatic heterocycles. The lowest BCUT2D eigenvalue weighted by atomic mass is 10.1. The molecule has 0 spiro atoms. The first-order valence-corrected chi connectivity index (χ1v) is 8.76. The zero-order valence-corrected chi connectivity index (χ0v) is 13.9. The molecule has 1 aliphatic carbocycles. The van der Waals surface area contributed by atoms with Gasteiger partial charge in [0.25, 0.3) is 0 Å². The van der Waals surface area contributed by atoms with Gasteiger partial charge in [-0.2, -0.15) is 11.8 Å². The maximum atomic E-state index is 5.38. The van der Waals surface area contributed by atoms with Crippen LogP contribution in [-0.2, 0) is 6.42 Å². The van der Waals surface area contributed by atoms with Gasteiger partial charge < -0.3 is 10.1 Å². The maximum Gasteiger partial charge on any atom is 0.119 e. The van der Waals surface area contributed by atoms with Crippen LogP contribution in [0.3, 0.4) is 0 Å². The molecule has 0 heterocycles. The Labute approximate surface area is 127 Å². The second-order valence-corrected chi connectivity index (χ2v) is 6.96. The van der Waals surface area contributed by atoms with Crippen molar-refractivity contribution in [1.29, 1.82) is 0 Å². The van der Waals surface area contributed by atoms with Crippen molar-refractivity contribution in [2.24, 2.45) is 5.92 Å². The number of thioether (sulfide) groups is 1. The fourth-order valence-corrected chi connectivity index (χ4v) is 4.28. The number of benzene rings is 1. The van der Waals surface area contributed by atoms with Crippen molar-refractivity contribution in [1.82, 2.24) is 5.32 Å². The standard InChI is InChI=1S/C17H27NOS/c1-5-12(3)11-20-16-9-13-7-8-14(19-4)10-15(13)17(16)18-6-2/h7-8,10,12,16-18H,5-6,9,11H2,1-4H3. The van der Waals surface area contributed by atoms with Gasteiger partial charge in [-0.05, 0) is 47.9 Å². The van der Waals surface area contributed by atoms with Gasteiger partial charge in [0.05, 0.1) is 7.11 Å². The molecule has 0 aromatic heterocycles. The lowest BCUT2D eigenvalue weighted by Gasteiger charge is -2.22. The van der Waals surface area contributed by atoms with E-state index >= 15 is 0 Å². The molecule has 0 saturated heterocycles. The largest absolute Gasteiger partial charge is 0.497 e. The van der Waals surface area contributed by atoms with Crippen LogP contribution in [0, 0.1) is 5.92 Å². The van der Waals surface area contributed by atoms with Gasteiger partial charge in [-0.1, -0.05) is 33.3 Å². The topological polar surface area (TPSA) is 21.3 Å².